The summed E-state index contributed by atoms with van der Waals surface area (Å²) < 4.78 is 0. The number of hydrogen-bond acceptors (Lipinski definition) is 4. The van der Waals surface area contributed by atoms with E-state index in [1.807, 2.05) is 49.4 Å². The number of anilines is 2. The molecule has 1 fully saturated rings. The van der Waals surface area contributed by atoms with Crippen LogP contribution in [0.5, 0.6) is 0 Å². The van der Waals surface area contributed by atoms with E-state index in [0.717, 1.165) is 55.1 Å². The zero-order chi connectivity index (χ0) is 22.5. The molecule has 4 rings (SSSR count). The summed E-state index contributed by atoms with van der Waals surface area (Å²) in [5.74, 6) is -0.180. The van der Waals surface area contributed by atoms with Crippen molar-refractivity contribution in [3.8, 4) is 17.2 Å². The number of rotatable bonds is 5. The van der Waals surface area contributed by atoms with Crippen LogP contribution in [0.4, 0.5) is 11.4 Å². The Morgan fingerprint density at radius 2 is 1.66 bits per heavy atom. The number of nitrogens with zero attached hydrogens (tertiary/aromatic N) is 3. The van der Waals surface area contributed by atoms with Gasteiger partial charge in [-0.1, -0.05) is 43.3 Å². The molecule has 3 aromatic rings. The largest absolute Gasteiger partial charge is 0.369 e. The van der Waals surface area contributed by atoms with Crippen molar-refractivity contribution >= 4 is 17.3 Å². The van der Waals surface area contributed by atoms with Gasteiger partial charge in [-0.2, -0.15) is 5.26 Å². The third kappa shape index (κ3) is 4.51. The topological polar surface area (TPSA) is 59.4 Å². The minimum atomic E-state index is -0.180. The van der Waals surface area contributed by atoms with Crippen LogP contribution >= 0.6 is 0 Å². The lowest BCUT2D eigenvalue weighted by Gasteiger charge is -2.35. The summed E-state index contributed by atoms with van der Waals surface area (Å²) in [6.07, 6.45) is 0. The zero-order valence-corrected chi connectivity index (χ0v) is 18.6. The van der Waals surface area contributed by atoms with Gasteiger partial charge in [0.05, 0.1) is 11.6 Å². The fraction of sp³-hybridized carbons (Fsp3) is 0.259. The maximum absolute atomic E-state index is 13.2. The Balaban J connectivity index is 1.55. The number of piperazine rings is 1. The molecule has 0 aliphatic carbocycles. The maximum atomic E-state index is 13.2. The lowest BCUT2D eigenvalue weighted by molar-refractivity contribution is 0.102. The lowest BCUT2D eigenvalue weighted by Crippen LogP contribution is -2.46. The monoisotopic (exact) mass is 424 g/mol. The van der Waals surface area contributed by atoms with Crippen LogP contribution in [0.2, 0.25) is 0 Å². The molecule has 162 valence electrons. The van der Waals surface area contributed by atoms with Crippen LogP contribution < -0.4 is 10.2 Å². The molecule has 0 saturated carbocycles. The molecule has 0 aromatic heterocycles. The number of hydrogen-bond donors (Lipinski definition) is 1. The van der Waals surface area contributed by atoms with Crippen LogP contribution in [0, 0.1) is 18.3 Å². The van der Waals surface area contributed by atoms with E-state index < -0.39 is 0 Å². The van der Waals surface area contributed by atoms with Gasteiger partial charge in [-0.3, -0.25) is 4.79 Å². The Hall–Kier alpha value is -3.62. The molecular formula is C27H28N4O. The van der Waals surface area contributed by atoms with Crippen LogP contribution in [0.3, 0.4) is 0 Å². The number of nitriles is 1. The van der Waals surface area contributed by atoms with Crippen molar-refractivity contribution in [1.82, 2.24) is 4.90 Å². The van der Waals surface area contributed by atoms with E-state index in [-0.39, 0.29) is 5.91 Å². The van der Waals surface area contributed by atoms with E-state index in [0.29, 0.717) is 11.1 Å². The van der Waals surface area contributed by atoms with Gasteiger partial charge in [0.1, 0.15) is 0 Å². The van der Waals surface area contributed by atoms with Gasteiger partial charge in [-0.05, 0) is 54.9 Å². The molecule has 0 radical (unpaired) electrons. The first-order chi connectivity index (χ1) is 15.6. The standard InChI is InChI=1S/C27H28N4O/c1-3-30-14-16-31(17-15-30)22-12-13-26(20(2)18-22)29-27(32)25-11-7-6-10-24(25)23-9-5-4-8-21(23)19-28/h4-13,18H,3,14-17H2,1-2H3,(H,29,32). The quantitative estimate of drug-likeness (QED) is 0.631. The highest BCUT2D eigenvalue weighted by atomic mass is 16.1. The Morgan fingerprint density at radius 3 is 2.34 bits per heavy atom. The second kappa shape index (κ2) is 9.67. The van der Waals surface area contributed by atoms with Gasteiger partial charge in [0, 0.05) is 48.7 Å². The Morgan fingerprint density at radius 1 is 0.969 bits per heavy atom. The minimum Gasteiger partial charge on any atom is -0.369 e. The van der Waals surface area contributed by atoms with Gasteiger partial charge in [0.2, 0.25) is 0 Å². The second-order valence-corrected chi connectivity index (χ2v) is 8.08. The molecule has 1 heterocycles. The van der Waals surface area contributed by atoms with Gasteiger partial charge in [0.15, 0.2) is 0 Å². The van der Waals surface area contributed by atoms with Crippen LogP contribution in [0.15, 0.2) is 66.7 Å². The number of nitrogens with one attached hydrogen (secondary N) is 1. The summed E-state index contributed by atoms with van der Waals surface area (Å²) >= 11 is 0. The van der Waals surface area contributed by atoms with Gasteiger partial charge in [-0.15, -0.1) is 0 Å². The SMILES string of the molecule is CCN1CCN(c2ccc(NC(=O)c3ccccc3-c3ccccc3C#N)c(C)c2)CC1. The zero-order valence-electron chi connectivity index (χ0n) is 18.6. The molecule has 0 bridgehead atoms. The van der Waals surface area contributed by atoms with Crippen molar-refractivity contribution in [2.75, 3.05) is 42.9 Å². The van der Waals surface area contributed by atoms with Crippen LogP contribution in [-0.4, -0.2) is 43.5 Å². The normalized spacial score (nSPS) is 14.1. The highest BCUT2D eigenvalue weighted by Crippen LogP contribution is 2.29. The summed E-state index contributed by atoms with van der Waals surface area (Å²) in [6, 6.07) is 23.2. The second-order valence-electron chi connectivity index (χ2n) is 8.08. The number of likely N-dealkylation sites (N-methyl/N-ethyl adjacent to an activating group) is 1. The van der Waals surface area contributed by atoms with E-state index >= 15 is 0 Å². The Bertz CT molecular complexity index is 1160. The van der Waals surface area contributed by atoms with E-state index in [4.69, 9.17) is 0 Å². The summed E-state index contributed by atoms with van der Waals surface area (Å²) in [5.41, 5.74) is 5.65. The van der Waals surface area contributed by atoms with E-state index in [1.54, 1.807) is 12.1 Å². The first-order valence-corrected chi connectivity index (χ1v) is 11.1. The molecule has 0 spiro atoms. The van der Waals surface area contributed by atoms with Crippen LogP contribution in [0.1, 0.15) is 28.4 Å². The van der Waals surface area contributed by atoms with Crippen molar-refractivity contribution in [1.29, 1.82) is 5.26 Å². The summed E-state index contributed by atoms with van der Waals surface area (Å²) in [7, 11) is 0. The molecule has 1 N–H and O–H groups in total. The number of benzene rings is 3. The average Bonchev–Trinajstić information content (AvgIpc) is 2.85. The fourth-order valence-electron chi connectivity index (χ4n) is 4.23. The first-order valence-electron chi connectivity index (χ1n) is 11.1. The summed E-state index contributed by atoms with van der Waals surface area (Å²) in [6.45, 7) is 9.52. The molecule has 5 nitrogen and oxygen atoms in total. The minimum absolute atomic E-state index is 0.180. The molecule has 0 unspecified atom stereocenters. The fourth-order valence-corrected chi connectivity index (χ4v) is 4.23. The Kier molecular flexibility index (Phi) is 6.53. The van der Waals surface area contributed by atoms with E-state index in [2.05, 4.69) is 40.2 Å². The molecule has 1 amide bonds. The highest BCUT2D eigenvalue weighted by molar-refractivity contribution is 6.09. The highest BCUT2D eigenvalue weighted by Gasteiger charge is 2.18. The molecule has 32 heavy (non-hydrogen) atoms. The molecule has 1 aliphatic heterocycles. The lowest BCUT2D eigenvalue weighted by atomic mass is 9.95. The predicted octanol–water partition coefficient (Wildman–Crippen LogP) is 4.93. The molecule has 5 heteroatoms. The number of aryl methyl sites for hydroxylation is 1. The van der Waals surface area contributed by atoms with Crippen molar-refractivity contribution in [3.05, 3.63) is 83.4 Å². The predicted molar refractivity (Wildman–Crippen MR) is 130 cm³/mol. The molecule has 1 saturated heterocycles. The average molecular weight is 425 g/mol. The number of carbonyl (C=O) groups is 1. The van der Waals surface area contributed by atoms with Crippen LogP contribution in [-0.2, 0) is 0 Å². The first kappa shape index (κ1) is 21.6. The van der Waals surface area contributed by atoms with Crippen molar-refractivity contribution in [3.63, 3.8) is 0 Å². The van der Waals surface area contributed by atoms with Gasteiger partial charge in [0.25, 0.3) is 5.91 Å². The van der Waals surface area contributed by atoms with Crippen molar-refractivity contribution < 1.29 is 4.79 Å². The number of amides is 1. The van der Waals surface area contributed by atoms with Gasteiger partial charge >= 0.3 is 0 Å². The van der Waals surface area contributed by atoms with Crippen molar-refractivity contribution in [2.24, 2.45) is 0 Å². The van der Waals surface area contributed by atoms with E-state index in [1.165, 1.54) is 5.69 Å². The smallest absolute Gasteiger partial charge is 0.256 e. The Labute approximate surface area is 189 Å². The summed E-state index contributed by atoms with van der Waals surface area (Å²) in [5, 5.41) is 12.6. The molecule has 0 atom stereocenters. The number of carbonyl (C=O) groups excluding carboxylic acids is 1. The van der Waals surface area contributed by atoms with Gasteiger partial charge < -0.3 is 15.1 Å². The summed E-state index contributed by atoms with van der Waals surface area (Å²) in [4.78, 5) is 18.1. The molecule has 3 aromatic carbocycles. The maximum Gasteiger partial charge on any atom is 0.256 e. The molecular weight excluding hydrogens is 396 g/mol. The van der Waals surface area contributed by atoms with Crippen molar-refractivity contribution in [2.45, 2.75) is 13.8 Å². The third-order valence-corrected chi connectivity index (χ3v) is 6.15. The third-order valence-electron chi connectivity index (χ3n) is 6.15. The van der Waals surface area contributed by atoms with Crippen LogP contribution in [0.25, 0.3) is 11.1 Å². The van der Waals surface area contributed by atoms with Gasteiger partial charge in [-0.25, -0.2) is 0 Å². The molecule has 1 aliphatic rings. The van der Waals surface area contributed by atoms with E-state index in [9.17, 15) is 10.1 Å².